The smallest absolute Gasteiger partial charge is 0.243 e. The van der Waals surface area contributed by atoms with E-state index >= 15 is 0 Å². The van der Waals surface area contributed by atoms with Gasteiger partial charge in [-0.05, 0) is 36.7 Å². The lowest BCUT2D eigenvalue weighted by Crippen LogP contribution is -2.42. The molecule has 2 N–H and O–H groups in total. The second kappa shape index (κ2) is 8.37. The number of fused-ring (bicyclic) bond motifs is 1. The van der Waals surface area contributed by atoms with E-state index in [0.29, 0.717) is 40.2 Å². The first-order chi connectivity index (χ1) is 17.9. The summed E-state index contributed by atoms with van der Waals surface area (Å²) in [5.41, 5.74) is 7.57. The first-order valence-electron chi connectivity index (χ1n) is 11.4. The quantitative estimate of drug-likeness (QED) is 0.365. The average molecular weight is 503 g/mol. The van der Waals surface area contributed by atoms with Crippen LogP contribution < -0.4 is 10.4 Å². The molecule has 37 heavy (non-hydrogen) atoms. The number of halogens is 3. The van der Waals surface area contributed by atoms with Gasteiger partial charge in [0, 0.05) is 17.2 Å². The Kier molecular flexibility index (Phi) is 5.11. The van der Waals surface area contributed by atoms with Crippen LogP contribution in [-0.4, -0.2) is 34.6 Å². The van der Waals surface area contributed by atoms with Crippen molar-refractivity contribution >= 4 is 16.9 Å². The summed E-state index contributed by atoms with van der Waals surface area (Å²) in [6.45, 7) is 1.80. The zero-order valence-electron chi connectivity index (χ0n) is 19.3. The maximum absolute atomic E-state index is 14.7. The van der Waals surface area contributed by atoms with Crippen LogP contribution in [0, 0.1) is 28.8 Å². The third-order valence-corrected chi connectivity index (χ3v) is 6.20. The maximum atomic E-state index is 14.7. The Balaban J connectivity index is 1.51. The molecule has 1 unspecified atom stereocenters. The summed E-state index contributed by atoms with van der Waals surface area (Å²) in [6, 6.07) is 7.60. The topological polar surface area (TPSA) is 128 Å². The third-order valence-electron chi connectivity index (χ3n) is 6.20. The van der Waals surface area contributed by atoms with Gasteiger partial charge < -0.3 is 5.73 Å². The molecule has 0 amide bonds. The second-order valence-electron chi connectivity index (χ2n) is 8.71. The number of nitrogens with zero attached hydrogens (tertiary/aromatic N) is 9. The zero-order valence-corrected chi connectivity index (χ0v) is 19.3. The Morgan fingerprint density at radius 1 is 1.14 bits per heavy atom. The normalized spacial score (nSPS) is 14.1. The predicted molar refractivity (Wildman–Crippen MR) is 123 cm³/mol. The van der Waals surface area contributed by atoms with E-state index in [0.717, 1.165) is 12.8 Å². The number of rotatable bonds is 5. The van der Waals surface area contributed by atoms with Crippen molar-refractivity contribution in [2.45, 2.75) is 31.8 Å². The van der Waals surface area contributed by atoms with Gasteiger partial charge >= 0.3 is 0 Å². The van der Waals surface area contributed by atoms with Crippen LogP contribution in [0.1, 0.15) is 43.2 Å². The van der Waals surface area contributed by atoms with E-state index < -0.39 is 29.2 Å². The molecule has 1 atom stereocenters. The fourth-order valence-electron chi connectivity index (χ4n) is 4.25. The van der Waals surface area contributed by atoms with E-state index in [1.807, 2.05) is 6.07 Å². The molecule has 0 saturated heterocycles. The number of benzene rings is 1. The minimum absolute atomic E-state index is 0.0504. The molecule has 1 aromatic carbocycles. The van der Waals surface area contributed by atoms with Crippen LogP contribution in [0.25, 0.3) is 28.1 Å². The molecule has 13 heteroatoms. The van der Waals surface area contributed by atoms with Crippen LogP contribution in [-0.2, 0) is 0 Å². The van der Waals surface area contributed by atoms with Crippen LogP contribution in [0.4, 0.5) is 19.0 Å². The summed E-state index contributed by atoms with van der Waals surface area (Å²) in [5.74, 6) is -2.91. The molecule has 0 bridgehead atoms. The molecule has 1 saturated carbocycles. The number of aromatic nitrogens is 8. The predicted octanol–water partition coefficient (Wildman–Crippen LogP) is 3.18. The van der Waals surface area contributed by atoms with E-state index in [2.05, 4.69) is 20.1 Å². The van der Waals surface area contributed by atoms with Crippen molar-refractivity contribution < 1.29 is 17.9 Å². The van der Waals surface area contributed by atoms with Crippen molar-refractivity contribution in [1.29, 1.82) is 5.26 Å². The number of nitrogen functional groups attached to an aromatic ring is 1. The summed E-state index contributed by atoms with van der Waals surface area (Å²) in [6.07, 6.45) is 4.38. The maximum Gasteiger partial charge on any atom is 0.243 e. The van der Waals surface area contributed by atoms with Gasteiger partial charge in [-0.2, -0.15) is 10.4 Å². The van der Waals surface area contributed by atoms with Crippen molar-refractivity contribution in [3.05, 3.63) is 71.7 Å². The van der Waals surface area contributed by atoms with Crippen molar-refractivity contribution in [1.82, 2.24) is 34.6 Å². The number of nitriles is 1. The van der Waals surface area contributed by atoms with Crippen molar-refractivity contribution in [3.8, 4) is 23.1 Å². The highest BCUT2D eigenvalue weighted by molar-refractivity contribution is 5.97. The molecule has 184 valence electrons. The molecule has 4 aromatic heterocycles. The van der Waals surface area contributed by atoms with E-state index in [1.54, 1.807) is 29.8 Å². The minimum atomic E-state index is -1.04. The van der Waals surface area contributed by atoms with Crippen LogP contribution in [0.15, 0.2) is 42.9 Å². The summed E-state index contributed by atoms with van der Waals surface area (Å²) in [7, 11) is 0. The Labute approximate surface area is 207 Å². The molecule has 6 rings (SSSR count). The van der Waals surface area contributed by atoms with Crippen LogP contribution >= 0.6 is 0 Å². The van der Waals surface area contributed by atoms with Gasteiger partial charge in [-0.25, -0.2) is 32.8 Å². The molecule has 4 heterocycles. The molecule has 0 aliphatic heterocycles. The lowest BCUT2D eigenvalue weighted by molar-refractivity contribution is -0.694. The standard InChI is InChI=1S/C24H18F3N10/c1-12(19-10-35(37(33-19)15-5-6-15)22-16(26)7-13(25)8-17(22)27)36-24-20(23(29)30-11-31-24)21(34-36)18-4-2-3-14(9-28)32-18/h2-4,7-8,10-12,15H,5-6H2,1H3,(H2,29,30,31)/q+1. The van der Waals surface area contributed by atoms with Gasteiger partial charge in [0.05, 0.1) is 11.1 Å². The van der Waals surface area contributed by atoms with Crippen LogP contribution in [0.2, 0.25) is 0 Å². The number of hydrogen-bond donors (Lipinski definition) is 1. The highest BCUT2D eigenvalue weighted by Gasteiger charge is 2.38. The van der Waals surface area contributed by atoms with Gasteiger partial charge in [0.25, 0.3) is 0 Å². The first-order valence-corrected chi connectivity index (χ1v) is 11.4. The van der Waals surface area contributed by atoms with Crippen molar-refractivity contribution in [2.75, 3.05) is 5.73 Å². The first kappa shape index (κ1) is 22.6. The highest BCUT2D eigenvalue weighted by atomic mass is 19.1. The van der Waals surface area contributed by atoms with E-state index in [4.69, 9.17) is 10.8 Å². The van der Waals surface area contributed by atoms with Gasteiger partial charge in [0.1, 0.15) is 47.5 Å². The second-order valence-corrected chi connectivity index (χ2v) is 8.71. The molecular weight excluding hydrogens is 485 g/mol. The zero-order chi connectivity index (χ0) is 25.8. The largest absolute Gasteiger partial charge is 0.383 e. The van der Waals surface area contributed by atoms with E-state index in [9.17, 15) is 18.4 Å². The average Bonchev–Trinajstić information content (AvgIpc) is 3.50. The molecule has 1 aliphatic rings. The molecule has 0 radical (unpaired) electrons. The van der Waals surface area contributed by atoms with Gasteiger partial charge in [0.15, 0.2) is 23.5 Å². The van der Waals surface area contributed by atoms with Gasteiger partial charge in [0.2, 0.25) is 11.4 Å². The van der Waals surface area contributed by atoms with Gasteiger partial charge in [-0.15, -0.1) is 4.68 Å². The lowest BCUT2D eigenvalue weighted by atomic mass is 10.2. The molecule has 10 nitrogen and oxygen atoms in total. The van der Waals surface area contributed by atoms with Crippen molar-refractivity contribution in [2.24, 2.45) is 0 Å². The number of anilines is 1. The SMILES string of the molecule is CC(c1c[n+](-c2c(F)cc(F)cc2F)n(C2CC2)n1)n1nc(-c2cccc(C#N)n2)c2c(N)ncnc21. The van der Waals surface area contributed by atoms with Gasteiger partial charge in [-0.3, -0.25) is 0 Å². The van der Waals surface area contributed by atoms with E-state index in [1.165, 1.54) is 22.0 Å². The highest BCUT2D eigenvalue weighted by Crippen LogP contribution is 2.35. The Morgan fingerprint density at radius 2 is 1.89 bits per heavy atom. The number of nitrogens with two attached hydrogens (primary N) is 1. The van der Waals surface area contributed by atoms with Crippen LogP contribution in [0.5, 0.6) is 0 Å². The molecule has 0 spiro atoms. The summed E-state index contributed by atoms with van der Waals surface area (Å²) >= 11 is 0. The third kappa shape index (κ3) is 3.74. The fourth-order valence-corrected chi connectivity index (χ4v) is 4.25. The van der Waals surface area contributed by atoms with E-state index in [-0.39, 0.29) is 17.6 Å². The molecule has 5 aromatic rings. The minimum Gasteiger partial charge on any atom is -0.383 e. The molecular formula is C24H18F3N10+. The summed E-state index contributed by atoms with van der Waals surface area (Å²) in [5, 5.41) is 19.0. The molecule has 1 aliphatic carbocycles. The van der Waals surface area contributed by atoms with Gasteiger partial charge in [-0.1, -0.05) is 6.07 Å². The Hall–Kier alpha value is -4.86. The molecule has 1 fully saturated rings. The summed E-state index contributed by atoms with van der Waals surface area (Å²) < 4.78 is 45.8. The lowest BCUT2D eigenvalue weighted by Gasteiger charge is -2.06. The monoisotopic (exact) mass is 503 g/mol. The Bertz CT molecular complexity index is 1710. The fraction of sp³-hybridized carbons (Fsp3) is 0.208. The van der Waals surface area contributed by atoms with Crippen LogP contribution in [0.3, 0.4) is 0 Å². The summed E-state index contributed by atoms with van der Waals surface area (Å²) in [4.78, 5) is 14.3. The number of hydrogen-bond acceptors (Lipinski definition) is 7. The van der Waals surface area contributed by atoms with Crippen molar-refractivity contribution in [3.63, 3.8) is 0 Å². The Morgan fingerprint density at radius 3 is 2.59 bits per heavy atom. The number of pyridine rings is 1.